The first kappa shape index (κ1) is 16.6. The van der Waals surface area contributed by atoms with Gasteiger partial charge in [0.2, 0.25) is 0 Å². The molecule has 3 fully saturated rings. The summed E-state index contributed by atoms with van der Waals surface area (Å²) >= 11 is 0. The van der Waals surface area contributed by atoms with E-state index in [2.05, 4.69) is 16.3 Å². The van der Waals surface area contributed by atoms with Gasteiger partial charge in [-0.15, -0.1) is 0 Å². The fourth-order valence-corrected chi connectivity index (χ4v) is 6.89. The fourth-order valence-electron chi connectivity index (χ4n) is 6.89. The van der Waals surface area contributed by atoms with Gasteiger partial charge < -0.3 is 19.9 Å². The van der Waals surface area contributed by atoms with Crippen molar-refractivity contribution in [3.8, 4) is 0 Å². The Bertz CT molecular complexity index is 958. The van der Waals surface area contributed by atoms with Crippen molar-refractivity contribution in [3.63, 3.8) is 0 Å². The van der Waals surface area contributed by atoms with Crippen LogP contribution < -0.4 is 5.32 Å². The lowest BCUT2D eigenvalue weighted by Gasteiger charge is -2.56. The predicted molar refractivity (Wildman–Crippen MR) is 98.3 cm³/mol. The van der Waals surface area contributed by atoms with E-state index in [4.69, 9.17) is 9.47 Å². The molecule has 146 valence electrons. The van der Waals surface area contributed by atoms with Gasteiger partial charge in [-0.3, -0.25) is 9.69 Å². The Kier molecular flexibility index (Phi) is 3.05. The molecule has 4 heterocycles. The Balaban J connectivity index is 1.66. The molecule has 0 amide bonds. The summed E-state index contributed by atoms with van der Waals surface area (Å²) in [7, 11) is 1.39. The molecule has 2 N–H and O–H groups in total. The number of aliphatic hydroxyl groups excluding tert-OH is 1. The molecule has 1 aromatic carbocycles. The molecule has 28 heavy (non-hydrogen) atoms. The van der Waals surface area contributed by atoms with E-state index in [-0.39, 0.29) is 24.4 Å². The molecule has 0 unspecified atom stereocenters. The van der Waals surface area contributed by atoms with Crippen LogP contribution in [0.4, 0.5) is 5.69 Å². The maximum absolute atomic E-state index is 12.8. The van der Waals surface area contributed by atoms with E-state index in [1.165, 1.54) is 7.11 Å². The Morgan fingerprint density at radius 3 is 3.00 bits per heavy atom. The van der Waals surface area contributed by atoms with Crippen LogP contribution in [0.2, 0.25) is 0 Å². The maximum Gasteiger partial charge on any atom is 0.335 e. The highest BCUT2D eigenvalue weighted by molar-refractivity contribution is 5.93. The van der Waals surface area contributed by atoms with Crippen molar-refractivity contribution in [3.05, 3.63) is 41.1 Å². The second-order valence-corrected chi connectivity index (χ2v) is 8.70. The number of benzene rings is 1. The molecular formula is C21H22N2O5. The van der Waals surface area contributed by atoms with Crippen LogP contribution in [0.1, 0.15) is 24.8 Å². The number of rotatable bonds is 1. The minimum Gasteiger partial charge on any atom is -0.466 e. The number of hydrogen-bond donors (Lipinski definition) is 2. The molecule has 3 saturated heterocycles. The van der Waals surface area contributed by atoms with Gasteiger partial charge in [0.1, 0.15) is 12.2 Å². The lowest BCUT2D eigenvalue weighted by atomic mass is 9.53. The van der Waals surface area contributed by atoms with E-state index in [9.17, 15) is 14.7 Å². The minimum atomic E-state index is -0.747. The van der Waals surface area contributed by atoms with Crippen LogP contribution in [0.3, 0.4) is 0 Å². The average Bonchev–Trinajstić information content (AvgIpc) is 3.34. The number of piperidine rings is 1. The normalized spacial score (nSPS) is 40.2. The number of anilines is 1. The fraction of sp³-hybridized carbons (Fsp3) is 0.524. The Morgan fingerprint density at radius 2 is 2.18 bits per heavy atom. The number of fused-ring (bicyclic) bond motifs is 1. The van der Waals surface area contributed by atoms with E-state index < -0.39 is 23.0 Å². The summed E-state index contributed by atoms with van der Waals surface area (Å²) in [5.41, 5.74) is 2.61. The Labute approximate surface area is 162 Å². The number of hydrogen-bond acceptors (Lipinski definition) is 7. The second-order valence-electron chi connectivity index (χ2n) is 8.70. The van der Waals surface area contributed by atoms with Crippen LogP contribution in [0.25, 0.3) is 0 Å². The van der Waals surface area contributed by atoms with Crippen molar-refractivity contribution in [2.75, 3.05) is 25.5 Å². The van der Waals surface area contributed by atoms with Crippen LogP contribution in [-0.4, -0.2) is 60.4 Å². The highest BCUT2D eigenvalue weighted by Gasteiger charge is 2.73. The topological polar surface area (TPSA) is 88.1 Å². The monoisotopic (exact) mass is 382 g/mol. The van der Waals surface area contributed by atoms with Gasteiger partial charge >= 0.3 is 11.9 Å². The van der Waals surface area contributed by atoms with E-state index in [0.29, 0.717) is 18.5 Å². The third-order valence-corrected chi connectivity index (χ3v) is 7.59. The number of nitrogens with one attached hydrogen (secondary N) is 1. The van der Waals surface area contributed by atoms with Crippen LogP contribution in [0, 0.1) is 5.41 Å². The SMILES string of the molecule is COC(=O)C1=C2Nc3ccccc3[C@]23CCN2C[C@H](O)[C@@H]4OC(=O)C[C@]4(C1)[C@@H]23. The second kappa shape index (κ2) is 5.15. The standard InChI is InChI=1S/C21H22N2O5/c1-27-18(26)11-8-20-9-15(25)28-17(20)14(24)10-23-7-6-21(19(20)23)12-4-2-3-5-13(12)22-16(11)21/h2-5,14,17,19,22,24H,6-10H2,1H3/t14-,17-,19+,20-,21+/m0/s1. The summed E-state index contributed by atoms with van der Waals surface area (Å²) in [4.78, 5) is 27.6. The van der Waals surface area contributed by atoms with Gasteiger partial charge in [0.25, 0.3) is 0 Å². The smallest absolute Gasteiger partial charge is 0.335 e. The Hall–Kier alpha value is -2.38. The molecule has 7 heteroatoms. The first-order valence-corrected chi connectivity index (χ1v) is 9.81. The van der Waals surface area contributed by atoms with Crippen molar-refractivity contribution < 1.29 is 24.2 Å². The van der Waals surface area contributed by atoms with Crippen LogP contribution in [0.5, 0.6) is 0 Å². The van der Waals surface area contributed by atoms with Crippen molar-refractivity contribution in [1.82, 2.24) is 4.90 Å². The molecule has 0 aromatic heterocycles. The van der Waals surface area contributed by atoms with Crippen molar-refractivity contribution in [1.29, 1.82) is 0 Å². The zero-order chi connectivity index (χ0) is 19.3. The van der Waals surface area contributed by atoms with E-state index in [1.54, 1.807) is 0 Å². The number of esters is 2. The number of aliphatic hydroxyl groups is 1. The number of ether oxygens (including phenoxy) is 2. The average molecular weight is 382 g/mol. The molecule has 7 nitrogen and oxygen atoms in total. The summed E-state index contributed by atoms with van der Waals surface area (Å²) < 4.78 is 10.8. The largest absolute Gasteiger partial charge is 0.466 e. The van der Waals surface area contributed by atoms with E-state index in [0.717, 1.165) is 29.9 Å². The zero-order valence-electron chi connectivity index (χ0n) is 15.6. The van der Waals surface area contributed by atoms with E-state index >= 15 is 0 Å². The summed E-state index contributed by atoms with van der Waals surface area (Å²) in [5, 5.41) is 14.3. The van der Waals surface area contributed by atoms with Gasteiger partial charge in [0, 0.05) is 29.4 Å². The zero-order valence-corrected chi connectivity index (χ0v) is 15.6. The molecule has 5 atom stereocenters. The van der Waals surface area contributed by atoms with Gasteiger partial charge in [-0.1, -0.05) is 18.2 Å². The highest BCUT2D eigenvalue weighted by Crippen LogP contribution is 2.66. The molecule has 4 aliphatic heterocycles. The summed E-state index contributed by atoms with van der Waals surface area (Å²) in [6.07, 6.45) is 0.0698. The number of para-hydroxylation sites is 1. The summed E-state index contributed by atoms with van der Waals surface area (Å²) in [6.45, 7) is 1.29. The summed E-state index contributed by atoms with van der Waals surface area (Å²) in [6, 6.07) is 8.15. The molecule has 1 aliphatic carbocycles. The van der Waals surface area contributed by atoms with Crippen molar-refractivity contribution >= 4 is 17.6 Å². The number of carbonyl (C=O) groups excluding carboxylic acids is 2. The van der Waals surface area contributed by atoms with E-state index in [1.807, 2.05) is 18.2 Å². The number of carbonyl (C=O) groups is 2. The van der Waals surface area contributed by atoms with Crippen LogP contribution >= 0.6 is 0 Å². The lowest BCUT2D eigenvalue weighted by molar-refractivity contribution is -0.158. The number of methoxy groups -OCH3 is 1. The molecule has 1 aromatic rings. The molecule has 0 bridgehead atoms. The number of nitrogens with zero attached hydrogens (tertiary/aromatic N) is 1. The van der Waals surface area contributed by atoms with Gasteiger partial charge in [0.05, 0.1) is 24.5 Å². The van der Waals surface area contributed by atoms with Gasteiger partial charge in [-0.25, -0.2) is 4.79 Å². The molecule has 0 saturated carbocycles. The highest BCUT2D eigenvalue weighted by atomic mass is 16.6. The lowest BCUT2D eigenvalue weighted by Crippen LogP contribution is -2.67. The summed E-state index contributed by atoms with van der Waals surface area (Å²) in [5.74, 6) is -0.668. The molecule has 0 radical (unpaired) electrons. The maximum atomic E-state index is 12.8. The predicted octanol–water partition coefficient (Wildman–Crippen LogP) is 0.931. The molecule has 2 spiro atoms. The van der Waals surface area contributed by atoms with Crippen molar-refractivity contribution in [2.45, 2.75) is 42.9 Å². The van der Waals surface area contributed by atoms with Gasteiger partial charge in [-0.2, -0.15) is 0 Å². The third-order valence-electron chi connectivity index (χ3n) is 7.59. The first-order chi connectivity index (χ1) is 13.5. The van der Waals surface area contributed by atoms with Crippen LogP contribution in [0.15, 0.2) is 35.5 Å². The van der Waals surface area contributed by atoms with Gasteiger partial charge in [0.15, 0.2) is 0 Å². The van der Waals surface area contributed by atoms with Gasteiger partial charge in [-0.05, 0) is 31.0 Å². The first-order valence-electron chi connectivity index (χ1n) is 9.81. The van der Waals surface area contributed by atoms with Crippen molar-refractivity contribution in [2.24, 2.45) is 5.41 Å². The molecule has 6 rings (SSSR count). The Morgan fingerprint density at radius 1 is 1.36 bits per heavy atom. The minimum absolute atomic E-state index is 0.000550. The molecular weight excluding hydrogens is 360 g/mol. The third kappa shape index (κ3) is 1.69. The molecule has 5 aliphatic rings. The van der Waals surface area contributed by atoms with Crippen LogP contribution in [-0.2, 0) is 24.5 Å². The quantitative estimate of drug-likeness (QED) is 0.699.